The SMILES string of the molecule is Cc1cc(N2CCCC2)ccc1NC(=O)CN(C)S(=O)(=O)c1cccs1. The summed E-state index contributed by atoms with van der Waals surface area (Å²) in [6.07, 6.45) is 2.42. The molecule has 140 valence electrons. The summed E-state index contributed by atoms with van der Waals surface area (Å²) in [5.74, 6) is -0.357. The van der Waals surface area contributed by atoms with E-state index in [1.165, 1.54) is 26.0 Å². The van der Waals surface area contributed by atoms with E-state index in [0.717, 1.165) is 40.0 Å². The monoisotopic (exact) mass is 393 g/mol. The van der Waals surface area contributed by atoms with Crippen LogP contribution in [-0.4, -0.2) is 45.3 Å². The van der Waals surface area contributed by atoms with Crippen molar-refractivity contribution in [2.24, 2.45) is 0 Å². The van der Waals surface area contributed by atoms with Gasteiger partial charge in [-0.2, -0.15) is 4.31 Å². The van der Waals surface area contributed by atoms with E-state index in [-0.39, 0.29) is 16.7 Å². The van der Waals surface area contributed by atoms with Crippen molar-refractivity contribution >= 4 is 38.6 Å². The molecule has 1 saturated heterocycles. The molecule has 1 aromatic carbocycles. The van der Waals surface area contributed by atoms with Gasteiger partial charge in [0.25, 0.3) is 10.0 Å². The fourth-order valence-corrected chi connectivity index (χ4v) is 5.33. The van der Waals surface area contributed by atoms with Crippen molar-refractivity contribution in [3.63, 3.8) is 0 Å². The van der Waals surface area contributed by atoms with Gasteiger partial charge in [0.15, 0.2) is 0 Å². The summed E-state index contributed by atoms with van der Waals surface area (Å²) in [7, 11) is -2.21. The van der Waals surface area contributed by atoms with Crippen molar-refractivity contribution in [1.82, 2.24) is 4.31 Å². The first-order chi connectivity index (χ1) is 12.4. The van der Waals surface area contributed by atoms with E-state index in [4.69, 9.17) is 0 Å². The molecule has 0 unspecified atom stereocenters. The summed E-state index contributed by atoms with van der Waals surface area (Å²) in [6, 6.07) is 9.16. The Bertz CT molecular complexity index is 873. The average Bonchev–Trinajstić information content (AvgIpc) is 3.30. The highest BCUT2D eigenvalue weighted by Gasteiger charge is 2.24. The standard InChI is InChI=1S/C18H23N3O3S2/c1-14-12-15(21-9-3-4-10-21)7-8-16(14)19-17(22)13-20(2)26(23,24)18-6-5-11-25-18/h5-8,11-12H,3-4,9-10,13H2,1-2H3,(H,19,22). The lowest BCUT2D eigenvalue weighted by atomic mass is 10.1. The molecule has 1 amide bonds. The highest BCUT2D eigenvalue weighted by molar-refractivity contribution is 7.91. The number of hydrogen-bond donors (Lipinski definition) is 1. The molecule has 6 nitrogen and oxygen atoms in total. The Hall–Kier alpha value is -1.90. The molecule has 1 N–H and O–H groups in total. The molecule has 2 aromatic rings. The van der Waals surface area contributed by atoms with E-state index < -0.39 is 10.0 Å². The Kier molecular flexibility index (Phi) is 5.64. The molecule has 2 heterocycles. The van der Waals surface area contributed by atoms with Gasteiger partial charge >= 0.3 is 0 Å². The van der Waals surface area contributed by atoms with Gasteiger partial charge in [0.2, 0.25) is 5.91 Å². The fourth-order valence-electron chi connectivity index (χ4n) is 3.00. The number of sulfonamides is 1. The number of rotatable bonds is 6. The van der Waals surface area contributed by atoms with Gasteiger partial charge < -0.3 is 10.2 Å². The summed E-state index contributed by atoms with van der Waals surface area (Å²) in [5, 5.41) is 4.52. The van der Waals surface area contributed by atoms with Crippen LogP contribution in [0.25, 0.3) is 0 Å². The minimum absolute atomic E-state index is 0.229. The fraction of sp³-hybridized carbons (Fsp3) is 0.389. The van der Waals surface area contributed by atoms with E-state index in [0.29, 0.717) is 5.69 Å². The number of carbonyl (C=O) groups excluding carboxylic acids is 1. The number of aryl methyl sites for hydroxylation is 1. The zero-order chi connectivity index (χ0) is 18.7. The Labute approximate surface area is 158 Å². The quantitative estimate of drug-likeness (QED) is 0.819. The maximum absolute atomic E-state index is 12.4. The minimum Gasteiger partial charge on any atom is -0.372 e. The first-order valence-corrected chi connectivity index (χ1v) is 10.9. The maximum Gasteiger partial charge on any atom is 0.252 e. The van der Waals surface area contributed by atoms with Gasteiger partial charge in [-0.1, -0.05) is 6.07 Å². The average molecular weight is 394 g/mol. The second kappa shape index (κ2) is 7.77. The van der Waals surface area contributed by atoms with Gasteiger partial charge in [-0.15, -0.1) is 11.3 Å². The van der Waals surface area contributed by atoms with Crippen molar-refractivity contribution in [3.05, 3.63) is 41.3 Å². The van der Waals surface area contributed by atoms with E-state index >= 15 is 0 Å². The highest BCUT2D eigenvalue weighted by Crippen LogP contribution is 2.26. The number of amides is 1. The number of hydrogen-bond acceptors (Lipinski definition) is 5. The molecule has 26 heavy (non-hydrogen) atoms. The molecular formula is C18H23N3O3S2. The van der Waals surface area contributed by atoms with Crippen LogP contribution in [0.1, 0.15) is 18.4 Å². The molecule has 0 bridgehead atoms. The number of thiophene rings is 1. The third-order valence-electron chi connectivity index (χ3n) is 4.48. The van der Waals surface area contributed by atoms with Crippen molar-refractivity contribution in [2.45, 2.75) is 24.0 Å². The van der Waals surface area contributed by atoms with Crippen molar-refractivity contribution < 1.29 is 13.2 Å². The van der Waals surface area contributed by atoms with Crippen molar-refractivity contribution in [3.8, 4) is 0 Å². The van der Waals surface area contributed by atoms with Crippen LogP contribution < -0.4 is 10.2 Å². The van der Waals surface area contributed by atoms with Gasteiger partial charge in [-0.25, -0.2) is 8.42 Å². The zero-order valence-corrected chi connectivity index (χ0v) is 16.6. The Morgan fingerprint density at radius 1 is 1.27 bits per heavy atom. The predicted molar refractivity (Wildman–Crippen MR) is 105 cm³/mol. The maximum atomic E-state index is 12.4. The zero-order valence-electron chi connectivity index (χ0n) is 14.9. The Morgan fingerprint density at radius 3 is 2.62 bits per heavy atom. The van der Waals surface area contributed by atoms with Gasteiger partial charge in [-0.3, -0.25) is 4.79 Å². The second-order valence-electron chi connectivity index (χ2n) is 6.43. The largest absolute Gasteiger partial charge is 0.372 e. The number of likely N-dealkylation sites (N-methyl/N-ethyl adjacent to an activating group) is 1. The lowest BCUT2D eigenvalue weighted by Gasteiger charge is -2.20. The smallest absolute Gasteiger partial charge is 0.252 e. The molecule has 1 aromatic heterocycles. The Morgan fingerprint density at radius 2 is 2.00 bits per heavy atom. The van der Waals surface area contributed by atoms with Crippen molar-refractivity contribution in [2.75, 3.05) is 36.9 Å². The predicted octanol–water partition coefficient (Wildman–Crippen LogP) is 2.92. The van der Waals surface area contributed by atoms with Crippen LogP contribution in [0.4, 0.5) is 11.4 Å². The molecule has 1 aliphatic rings. The van der Waals surface area contributed by atoms with E-state index in [1.54, 1.807) is 11.4 Å². The topological polar surface area (TPSA) is 69.7 Å². The molecule has 0 radical (unpaired) electrons. The normalized spacial score (nSPS) is 14.8. The summed E-state index contributed by atoms with van der Waals surface area (Å²) in [5.41, 5.74) is 2.83. The van der Waals surface area contributed by atoms with E-state index in [1.807, 2.05) is 19.1 Å². The van der Waals surface area contributed by atoms with Crippen LogP contribution in [0, 0.1) is 6.92 Å². The number of nitrogens with one attached hydrogen (secondary N) is 1. The first kappa shape index (κ1) is 18.9. The first-order valence-electron chi connectivity index (χ1n) is 8.53. The molecule has 8 heteroatoms. The lowest BCUT2D eigenvalue weighted by Crippen LogP contribution is -2.34. The molecule has 0 spiro atoms. The molecular weight excluding hydrogens is 370 g/mol. The van der Waals surface area contributed by atoms with Crippen LogP contribution >= 0.6 is 11.3 Å². The van der Waals surface area contributed by atoms with Crippen molar-refractivity contribution in [1.29, 1.82) is 0 Å². The van der Waals surface area contributed by atoms with Crippen LogP contribution in [0.15, 0.2) is 39.9 Å². The third kappa shape index (κ3) is 4.08. The molecule has 3 rings (SSSR count). The molecule has 1 fully saturated rings. The molecule has 1 aliphatic heterocycles. The van der Waals surface area contributed by atoms with E-state index in [9.17, 15) is 13.2 Å². The number of benzene rings is 1. The van der Waals surface area contributed by atoms with Gasteiger partial charge in [-0.05, 0) is 55.0 Å². The minimum atomic E-state index is -3.63. The van der Waals surface area contributed by atoms with Crippen LogP contribution in [0.5, 0.6) is 0 Å². The number of carbonyl (C=O) groups is 1. The number of anilines is 2. The molecule has 0 atom stereocenters. The van der Waals surface area contributed by atoms with Crippen LogP contribution in [0.2, 0.25) is 0 Å². The summed E-state index contributed by atoms with van der Waals surface area (Å²) >= 11 is 1.14. The van der Waals surface area contributed by atoms with E-state index in [2.05, 4.69) is 16.3 Å². The molecule has 0 saturated carbocycles. The van der Waals surface area contributed by atoms with Crippen LogP contribution in [0.3, 0.4) is 0 Å². The van der Waals surface area contributed by atoms with Gasteiger partial charge in [0.05, 0.1) is 6.54 Å². The number of nitrogens with zero attached hydrogens (tertiary/aromatic N) is 2. The summed E-state index contributed by atoms with van der Waals surface area (Å²) in [6.45, 7) is 3.85. The molecule has 0 aliphatic carbocycles. The second-order valence-corrected chi connectivity index (χ2v) is 9.65. The van der Waals surface area contributed by atoms with Gasteiger partial charge in [0.1, 0.15) is 4.21 Å². The summed E-state index contributed by atoms with van der Waals surface area (Å²) in [4.78, 5) is 14.6. The lowest BCUT2D eigenvalue weighted by molar-refractivity contribution is -0.116. The Balaban J connectivity index is 1.64. The van der Waals surface area contributed by atoms with Gasteiger partial charge in [0, 0.05) is 31.5 Å². The third-order valence-corrected chi connectivity index (χ3v) is 7.66. The highest BCUT2D eigenvalue weighted by atomic mass is 32.2. The summed E-state index contributed by atoms with van der Waals surface area (Å²) < 4.78 is 26.1. The van der Waals surface area contributed by atoms with Crippen LogP contribution in [-0.2, 0) is 14.8 Å².